The molecule has 2 fully saturated rings. The third kappa shape index (κ3) is 3.92. The highest BCUT2D eigenvalue weighted by atomic mass is 16.5. The molecule has 1 heterocycles. The molecule has 2 aliphatic rings. The van der Waals surface area contributed by atoms with Gasteiger partial charge in [-0.1, -0.05) is 6.92 Å². The Kier molecular flexibility index (Phi) is 5.42. The second-order valence-corrected chi connectivity index (χ2v) is 5.78. The summed E-state index contributed by atoms with van der Waals surface area (Å²) in [5.74, 6) is 0. The average molecular weight is 256 g/mol. The first-order valence-electron chi connectivity index (χ1n) is 7.31. The van der Waals surface area contributed by atoms with E-state index in [0.717, 1.165) is 52.0 Å². The molecule has 0 amide bonds. The molecule has 0 aromatic rings. The van der Waals surface area contributed by atoms with Gasteiger partial charge in [0.1, 0.15) is 0 Å². The van der Waals surface area contributed by atoms with Crippen molar-refractivity contribution in [2.24, 2.45) is 5.41 Å². The molecule has 4 nitrogen and oxygen atoms in total. The first kappa shape index (κ1) is 14.3. The van der Waals surface area contributed by atoms with Crippen LogP contribution in [0.1, 0.15) is 26.2 Å². The van der Waals surface area contributed by atoms with Crippen molar-refractivity contribution < 1.29 is 9.47 Å². The maximum Gasteiger partial charge on any atom is 0.0589 e. The van der Waals surface area contributed by atoms with Crippen LogP contribution in [0.4, 0.5) is 0 Å². The van der Waals surface area contributed by atoms with E-state index in [0.29, 0.717) is 5.41 Å². The zero-order chi connectivity index (χ0) is 12.8. The molecule has 18 heavy (non-hydrogen) atoms. The Balaban J connectivity index is 1.88. The molecule has 1 aliphatic carbocycles. The molecule has 0 aromatic carbocycles. The van der Waals surface area contributed by atoms with Gasteiger partial charge in [-0.15, -0.1) is 0 Å². The largest absolute Gasteiger partial charge is 0.383 e. The van der Waals surface area contributed by atoms with Gasteiger partial charge in [-0.05, 0) is 25.8 Å². The lowest BCUT2D eigenvalue weighted by Gasteiger charge is -2.34. The highest BCUT2D eigenvalue weighted by molar-refractivity contribution is 4.93. The molecule has 1 N–H and O–H groups in total. The highest BCUT2D eigenvalue weighted by Crippen LogP contribution is 2.34. The number of methoxy groups -OCH3 is 1. The molecule has 1 aliphatic heterocycles. The van der Waals surface area contributed by atoms with Gasteiger partial charge in [-0.25, -0.2) is 0 Å². The minimum absolute atomic E-state index is 0.326. The van der Waals surface area contributed by atoms with E-state index in [4.69, 9.17) is 9.47 Å². The van der Waals surface area contributed by atoms with E-state index < -0.39 is 0 Å². The van der Waals surface area contributed by atoms with Crippen LogP contribution in [0, 0.1) is 5.41 Å². The van der Waals surface area contributed by atoms with Crippen LogP contribution in [-0.2, 0) is 9.47 Å². The molecule has 2 rings (SSSR count). The van der Waals surface area contributed by atoms with Crippen LogP contribution in [0.15, 0.2) is 0 Å². The van der Waals surface area contributed by atoms with Crippen LogP contribution in [0.5, 0.6) is 0 Å². The van der Waals surface area contributed by atoms with E-state index >= 15 is 0 Å². The van der Waals surface area contributed by atoms with Crippen LogP contribution >= 0.6 is 0 Å². The SMILES string of the molecule is CCNCC1(CN(CCOC)C2CC2)CCOC1. The van der Waals surface area contributed by atoms with Crippen molar-refractivity contribution in [1.29, 1.82) is 0 Å². The Bertz CT molecular complexity index is 238. The molecular weight excluding hydrogens is 228 g/mol. The number of nitrogens with one attached hydrogen (secondary N) is 1. The standard InChI is InChI=1S/C14H28N2O2/c1-3-15-10-14(6-8-18-12-14)11-16(7-9-17-2)13-4-5-13/h13,15H,3-12H2,1-2H3. The van der Waals surface area contributed by atoms with Crippen LogP contribution in [0.25, 0.3) is 0 Å². The first-order valence-corrected chi connectivity index (χ1v) is 7.31. The summed E-state index contributed by atoms with van der Waals surface area (Å²) in [6.07, 6.45) is 3.92. The molecule has 1 saturated carbocycles. The van der Waals surface area contributed by atoms with E-state index in [2.05, 4.69) is 17.1 Å². The fourth-order valence-electron chi connectivity index (χ4n) is 2.83. The summed E-state index contributed by atoms with van der Waals surface area (Å²) in [7, 11) is 1.79. The summed E-state index contributed by atoms with van der Waals surface area (Å²) in [6.45, 7) is 9.21. The van der Waals surface area contributed by atoms with Crippen molar-refractivity contribution >= 4 is 0 Å². The van der Waals surface area contributed by atoms with E-state index in [1.165, 1.54) is 19.3 Å². The quantitative estimate of drug-likeness (QED) is 0.670. The number of rotatable bonds is 9. The van der Waals surface area contributed by atoms with Crippen molar-refractivity contribution in [2.75, 3.05) is 53.1 Å². The molecule has 0 spiro atoms. The summed E-state index contributed by atoms with van der Waals surface area (Å²) in [4.78, 5) is 2.62. The fourth-order valence-corrected chi connectivity index (χ4v) is 2.83. The maximum atomic E-state index is 5.67. The van der Waals surface area contributed by atoms with Gasteiger partial charge in [0, 0.05) is 44.8 Å². The molecular formula is C14H28N2O2. The second-order valence-electron chi connectivity index (χ2n) is 5.78. The molecule has 1 atom stereocenters. The number of hydrogen-bond donors (Lipinski definition) is 1. The van der Waals surface area contributed by atoms with Crippen LogP contribution in [-0.4, -0.2) is 64.1 Å². The third-order valence-electron chi connectivity index (χ3n) is 4.12. The van der Waals surface area contributed by atoms with Crippen molar-refractivity contribution in [2.45, 2.75) is 32.2 Å². The molecule has 4 heteroatoms. The molecule has 0 aromatic heterocycles. The minimum atomic E-state index is 0.326. The van der Waals surface area contributed by atoms with E-state index in [9.17, 15) is 0 Å². The summed E-state index contributed by atoms with van der Waals surface area (Å²) in [6, 6.07) is 0.805. The molecule has 1 saturated heterocycles. The van der Waals surface area contributed by atoms with Crippen LogP contribution < -0.4 is 5.32 Å². The predicted molar refractivity (Wildman–Crippen MR) is 72.9 cm³/mol. The molecule has 106 valence electrons. The van der Waals surface area contributed by atoms with Gasteiger partial charge >= 0.3 is 0 Å². The summed E-state index contributed by atoms with van der Waals surface area (Å²) in [5, 5.41) is 3.51. The fraction of sp³-hybridized carbons (Fsp3) is 1.00. The number of ether oxygens (including phenoxy) is 2. The Labute approximate surface area is 111 Å². The van der Waals surface area contributed by atoms with Gasteiger partial charge in [-0.3, -0.25) is 4.90 Å². The first-order chi connectivity index (χ1) is 8.79. The summed E-state index contributed by atoms with van der Waals surface area (Å²) >= 11 is 0. The summed E-state index contributed by atoms with van der Waals surface area (Å²) < 4.78 is 10.9. The van der Waals surface area contributed by atoms with Crippen molar-refractivity contribution in [1.82, 2.24) is 10.2 Å². The van der Waals surface area contributed by atoms with Gasteiger partial charge in [-0.2, -0.15) is 0 Å². The van der Waals surface area contributed by atoms with Gasteiger partial charge in [0.05, 0.1) is 13.2 Å². The maximum absolute atomic E-state index is 5.67. The van der Waals surface area contributed by atoms with Crippen LogP contribution in [0.2, 0.25) is 0 Å². The van der Waals surface area contributed by atoms with Gasteiger partial charge in [0.2, 0.25) is 0 Å². The predicted octanol–water partition coefficient (Wildman–Crippen LogP) is 1.11. The topological polar surface area (TPSA) is 33.7 Å². The van der Waals surface area contributed by atoms with Gasteiger partial charge < -0.3 is 14.8 Å². The zero-order valence-electron chi connectivity index (χ0n) is 11.9. The normalized spacial score (nSPS) is 28.2. The lowest BCUT2D eigenvalue weighted by atomic mass is 9.86. The average Bonchev–Trinajstić information content (AvgIpc) is 3.13. The number of hydrogen-bond acceptors (Lipinski definition) is 4. The van der Waals surface area contributed by atoms with Gasteiger partial charge in [0.15, 0.2) is 0 Å². The second kappa shape index (κ2) is 6.85. The molecule has 0 bridgehead atoms. The molecule has 0 radical (unpaired) electrons. The van der Waals surface area contributed by atoms with Crippen molar-refractivity contribution in [3.8, 4) is 0 Å². The van der Waals surface area contributed by atoms with Crippen LogP contribution in [0.3, 0.4) is 0 Å². The van der Waals surface area contributed by atoms with E-state index in [1.54, 1.807) is 7.11 Å². The van der Waals surface area contributed by atoms with E-state index in [-0.39, 0.29) is 0 Å². The Hall–Kier alpha value is -0.160. The van der Waals surface area contributed by atoms with E-state index in [1.807, 2.05) is 0 Å². The van der Waals surface area contributed by atoms with Gasteiger partial charge in [0.25, 0.3) is 0 Å². The van der Waals surface area contributed by atoms with Crippen molar-refractivity contribution in [3.63, 3.8) is 0 Å². The molecule has 1 unspecified atom stereocenters. The Morgan fingerprint density at radius 2 is 2.28 bits per heavy atom. The lowest BCUT2D eigenvalue weighted by molar-refractivity contribution is 0.0831. The Morgan fingerprint density at radius 3 is 2.83 bits per heavy atom. The summed E-state index contributed by atoms with van der Waals surface area (Å²) in [5.41, 5.74) is 0.326. The smallest absolute Gasteiger partial charge is 0.0589 e. The number of nitrogens with zero attached hydrogens (tertiary/aromatic N) is 1. The van der Waals surface area contributed by atoms with Crippen molar-refractivity contribution in [3.05, 3.63) is 0 Å². The monoisotopic (exact) mass is 256 g/mol. The zero-order valence-corrected chi connectivity index (χ0v) is 11.9. The third-order valence-corrected chi connectivity index (χ3v) is 4.12. The lowest BCUT2D eigenvalue weighted by Crippen LogP contribution is -2.46. The highest BCUT2D eigenvalue weighted by Gasteiger charge is 2.39. The minimum Gasteiger partial charge on any atom is -0.383 e. The Morgan fingerprint density at radius 1 is 1.44 bits per heavy atom.